The number of aromatic carboxylic acids is 1. The highest BCUT2D eigenvalue weighted by atomic mass is 127. The molecular weight excluding hydrogens is 388 g/mol. The molecule has 2 aromatic rings. The predicted molar refractivity (Wildman–Crippen MR) is 85.5 cm³/mol. The van der Waals surface area contributed by atoms with Crippen molar-refractivity contribution in [2.24, 2.45) is 0 Å². The van der Waals surface area contributed by atoms with Gasteiger partial charge in [-0.05, 0) is 40.8 Å². The third-order valence-electron chi connectivity index (χ3n) is 2.73. The zero-order valence-corrected chi connectivity index (χ0v) is 13.6. The summed E-state index contributed by atoms with van der Waals surface area (Å²) in [6.45, 7) is 3.77. The average Bonchev–Trinajstić information content (AvgIpc) is 2.41. The van der Waals surface area contributed by atoms with Crippen LogP contribution in [0.25, 0.3) is 0 Å². The van der Waals surface area contributed by atoms with Gasteiger partial charge in [-0.3, -0.25) is 0 Å². The molecule has 0 amide bonds. The van der Waals surface area contributed by atoms with E-state index in [1.165, 1.54) is 18.3 Å². The lowest BCUT2D eigenvalue weighted by Gasteiger charge is -2.12. The topological polar surface area (TPSA) is 75.1 Å². The summed E-state index contributed by atoms with van der Waals surface area (Å²) in [7, 11) is 0. The van der Waals surface area contributed by atoms with Crippen LogP contribution in [0, 0.1) is 9.39 Å². The molecule has 0 bridgehead atoms. The Morgan fingerprint density at radius 1 is 1.38 bits per heavy atom. The van der Waals surface area contributed by atoms with Crippen LogP contribution in [-0.4, -0.2) is 21.0 Å². The fraction of sp³-hybridized carbons (Fsp3) is 0.214. The smallest absolute Gasteiger partial charge is 0.356 e. The quantitative estimate of drug-likeness (QED) is 0.763. The number of hydrogen-bond acceptors (Lipinski definition) is 4. The number of rotatable bonds is 4. The second kappa shape index (κ2) is 6.33. The molecule has 21 heavy (non-hydrogen) atoms. The van der Waals surface area contributed by atoms with Gasteiger partial charge in [-0.25, -0.2) is 19.2 Å². The summed E-state index contributed by atoms with van der Waals surface area (Å²) in [6.07, 6.45) is 1.44. The summed E-state index contributed by atoms with van der Waals surface area (Å²) in [5.41, 5.74) is 0.769. The van der Waals surface area contributed by atoms with Crippen molar-refractivity contribution in [3.05, 3.63) is 45.3 Å². The lowest BCUT2D eigenvalue weighted by Crippen LogP contribution is -2.10. The highest BCUT2D eigenvalue weighted by Crippen LogP contribution is 2.25. The van der Waals surface area contributed by atoms with Gasteiger partial charge in [0, 0.05) is 9.49 Å². The zero-order valence-electron chi connectivity index (χ0n) is 11.4. The van der Waals surface area contributed by atoms with Gasteiger partial charge < -0.3 is 10.4 Å². The minimum absolute atomic E-state index is 0.0307. The highest BCUT2D eigenvalue weighted by molar-refractivity contribution is 14.1. The first-order chi connectivity index (χ1) is 9.88. The number of carboxylic acid groups (broad SMARTS) is 1. The van der Waals surface area contributed by atoms with Gasteiger partial charge in [-0.15, -0.1) is 0 Å². The molecule has 1 aromatic heterocycles. The molecule has 0 saturated heterocycles. The van der Waals surface area contributed by atoms with Gasteiger partial charge in [-0.2, -0.15) is 0 Å². The standard InChI is InChI=1S/C14H13FIN3O2/c1-7(2)13-17-6-11(12(19-13)14(20)21)18-10-4-3-8(15)5-9(10)16/h3-7,18H,1-2H3,(H,20,21). The summed E-state index contributed by atoms with van der Waals surface area (Å²) >= 11 is 1.97. The maximum Gasteiger partial charge on any atom is 0.356 e. The molecule has 0 aliphatic heterocycles. The van der Waals surface area contributed by atoms with Gasteiger partial charge in [-0.1, -0.05) is 13.8 Å². The van der Waals surface area contributed by atoms with Crippen molar-refractivity contribution in [2.45, 2.75) is 19.8 Å². The van der Waals surface area contributed by atoms with Crippen molar-refractivity contribution in [1.82, 2.24) is 9.97 Å². The molecule has 0 radical (unpaired) electrons. The summed E-state index contributed by atoms with van der Waals surface area (Å²) in [5, 5.41) is 12.2. The maximum atomic E-state index is 13.1. The largest absolute Gasteiger partial charge is 0.476 e. The third kappa shape index (κ3) is 3.66. The first-order valence-electron chi connectivity index (χ1n) is 6.20. The van der Waals surface area contributed by atoms with Crippen LogP contribution in [0.5, 0.6) is 0 Å². The number of aromatic nitrogens is 2. The molecular formula is C14H13FIN3O2. The van der Waals surface area contributed by atoms with Crippen LogP contribution < -0.4 is 5.32 Å². The second-order valence-electron chi connectivity index (χ2n) is 4.70. The zero-order chi connectivity index (χ0) is 15.6. The molecule has 0 unspecified atom stereocenters. The van der Waals surface area contributed by atoms with Crippen molar-refractivity contribution in [3.8, 4) is 0 Å². The highest BCUT2D eigenvalue weighted by Gasteiger charge is 2.16. The first kappa shape index (κ1) is 15.6. The van der Waals surface area contributed by atoms with E-state index in [9.17, 15) is 14.3 Å². The van der Waals surface area contributed by atoms with Gasteiger partial charge in [0.1, 0.15) is 11.6 Å². The molecule has 0 aliphatic carbocycles. The van der Waals surface area contributed by atoms with Crippen molar-refractivity contribution >= 4 is 39.9 Å². The van der Waals surface area contributed by atoms with Crippen LogP contribution in [0.2, 0.25) is 0 Å². The van der Waals surface area contributed by atoms with Gasteiger partial charge in [0.2, 0.25) is 0 Å². The average molecular weight is 401 g/mol. The molecule has 0 spiro atoms. The summed E-state index contributed by atoms with van der Waals surface area (Å²) < 4.78 is 13.7. The van der Waals surface area contributed by atoms with Gasteiger partial charge in [0.25, 0.3) is 0 Å². The molecule has 0 aliphatic rings. The molecule has 0 atom stereocenters. The summed E-state index contributed by atoms with van der Waals surface area (Å²) in [6, 6.07) is 4.19. The van der Waals surface area contributed by atoms with Crippen LogP contribution in [0.3, 0.4) is 0 Å². The van der Waals surface area contributed by atoms with Crippen LogP contribution in [0.15, 0.2) is 24.4 Å². The molecule has 5 nitrogen and oxygen atoms in total. The van der Waals surface area contributed by atoms with E-state index in [1.807, 2.05) is 36.4 Å². The fourth-order valence-corrected chi connectivity index (χ4v) is 2.28. The maximum absolute atomic E-state index is 13.1. The number of halogens is 2. The number of anilines is 2. The van der Waals surface area contributed by atoms with Crippen LogP contribution in [0.4, 0.5) is 15.8 Å². The summed E-state index contributed by atoms with van der Waals surface area (Å²) in [5.74, 6) is -0.997. The molecule has 7 heteroatoms. The molecule has 110 valence electrons. The van der Waals surface area contributed by atoms with E-state index in [2.05, 4.69) is 15.3 Å². The van der Waals surface area contributed by atoms with E-state index in [4.69, 9.17) is 0 Å². The second-order valence-corrected chi connectivity index (χ2v) is 5.86. The minimum atomic E-state index is -1.14. The minimum Gasteiger partial charge on any atom is -0.476 e. The number of nitrogens with zero attached hydrogens (tertiary/aromatic N) is 2. The van der Waals surface area contributed by atoms with Crippen LogP contribution in [0.1, 0.15) is 36.1 Å². The van der Waals surface area contributed by atoms with Gasteiger partial charge in [0.05, 0.1) is 17.6 Å². The molecule has 1 aromatic carbocycles. The van der Waals surface area contributed by atoms with E-state index in [0.29, 0.717) is 15.1 Å². The molecule has 2 rings (SSSR count). The van der Waals surface area contributed by atoms with E-state index < -0.39 is 5.97 Å². The summed E-state index contributed by atoms with van der Waals surface area (Å²) in [4.78, 5) is 19.6. The Morgan fingerprint density at radius 2 is 2.10 bits per heavy atom. The van der Waals surface area contributed by atoms with Crippen molar-refractivity contribution in [2.75, 3.05) is 5.32 Å². The van der Waals surface area contributed by atoms with E-state index in [-0.39, 0.29) is 23.1 Å². The monoisotopic (exact) mass is 401 g/mol. The van der Waals surface area contributed by atoms with Crippen molar-refractivity contribution < 1.29 is 14.3 Å². The predicted octanol–water partition coefficient (Wildman–Crippen LogP) is 3.79. The Balaban J connectivity index is 2.41. The Labute approximate surface area is 134 Å². The lowest BCUT2D eigenvalue weighted by atomic mass is 10.2. The normalized spacial score (nSPS) is 10.7. The Bertz CT molecular complexity index is 692. The molecule has 1 heterocycles. The van der Waals surface area contributed by atoms with E-state index in [1.54, 1.807) is 6.07 Å². The van der Waals surface area contributed by atoms with Crippen LogP contribution in [-0.2, 0) is 0 Å². The lowest BCUT2D eigenvalue weighted by molar-refractivity contribution is 0.0691. The fourth-order valence-electron chi connectivity index (χ4n) is 1.66. The van der Waals surface area contributed by atoms with E-state index in [0.717, 1.165) is 0 Å². The van der Waals surface area contributed by atoms with Gasteiger partial charge >= 0.3 is 5.97 Å². The van der Waals surface area contributed by atoms with Gasteiger partial charge in [0.15, 0.2) is 5.69 Å². The Kier molecular flexibility index (Phi) is 4.71. The molecule has 2 N–H and O–H groups in total. The molecule has 0 fully saturated rings. The Morgan fingerprint density at radius 3 is 2.67 bits per heavy atom. The third-order valence-corrected chi connectivity index (χ3v) is 3.62. The number of carbonyl (C=O) groups is 1. The Hall–Kier alpha value is -1.77. The number of benzene rings is 1. The SMILES string of the molecule is CC(C)c1ncc(Nc2ccc(F)cc2I)c(C(=O)O)n1. The number of carboxylic acids is 1. The van der Waals surface area contributed by atoms with Crippen molar-refractivity contribution in [3.63, 3.8) is 0 Å². The number of hydrogen-bond donors (Lipinski definition) is 2. The number of nitrogens with one attached hydrogen (secondary N) is 1. The van der Waals surface area contributed by atoms with E-state index >= 15 is 0 Å². The van der Waals surface area contributed by atoms with Crippen LogP contribution >= 0.6 is 22.6 Å². The van der Waals surface area contributed by atoms with Crippen molar-refractivity contribution in [1.29, 1.82) is 0 Å². The first-order valence-corrected chi connectivity index (χ1v) is 7.28. The molecule has 0 saturated carbocycles.